The van der Waals surface area contributed by atoms with Gasteiger partial charge in [-0.1, -0.05) is 6.92 Å². The monoisotopic (exact) mass is 249 g/mol. The molecule has 4 nitrogen and oxygen atoms in total. The van der Waals surface area contributed by atoms with E-state index in [0.29, 0.717) is 13.1 Å². The van der Waals surface area contributed by atoms with Gasteiger partial charge in [0.15, 0.2) is 0 Å². The van der Waals surface area contributed by atoms with E-state index < -0.39 is 0 Å². The molecule has 0 aliphatic carbocycles. The van der Waals surface area contributed by atoms with E-state index >= 15 is 0 Å². The summed E-state index contributed by atoms with van der Waals surface area (Å²) in [6.45, 7) is 6.02. The fourth-order valence-corrected chi connectivity index (χ4v) is 1.91. The molecule has 1 aromatic heterocycles. The first kappa shape index (κ1) is 14.6. The summed E-state index contributed by atoms with van der Waals surface area (Å²) in [5.41, 5.74) is 6.59. The quantitative estimate of drug-likeness (QED) is 0.801. The molecule has 0 saturated carbocycles. The topological polar surface area (TPSA) is 59.2 Å². The van der Waals surface area contributed by atoms with E-state index in [0.717, 1.165) is 24.9 Å². The molecule has 0 aliphatic rings. The zero-order chi connectivity index (χ0) is 13.4. The molecule has 0 radical (unpaired) electrons. The number of rotatable bonds is 7. The van der Waals surface area contributed by atoms with E-state index in [4.69, 9.17) is 5.73 Å². The Morgan fingerprint density at radius 1 is 1.44 bits per heavy atom. The molecular weight excluding hydrogens is 226 g/mol. The Labute approximate surface area is 109 Å². The standard InChI is InChI=1S/C14H23N3O/c1-3-17(11-13-6-9-16-10-7-13)14(18)12(2)5-4-8-15/h6-7,9-10,12H,3-5,8,11,15H2,1-2H3. The van der Waals surface area contributed by atoms with Crippen molar-refractivity contribution in [3.8, 4) is 0 Å². The highest BCUT2D eigenvalue weighted by atomic mass is 16.2. The van der Waals surface area contributed by atoms with Gasteiger partial charge in [0.1, 0.15) is 0 Å². The summed E-state index contributed by atoms with van der Waals surface area (Å²) in [5, 5.41) is 0. The van der Waals surface area contributed by atoms with Gasteiger partial charge in [-0.3, -0.25) is 9.78 Å². The highest BCUT2D eigenvalue weighted by Gasteiger charge is 2.18. The van der Waals surface area contributed by atoms with Crippen LogP contribution in [-0.2, 0) is 11.3 Å². The van der Waals surface area contributed by atoms with Gasteiger partial charge in [-0.15, -0.1) is 0 Å². The van der Waals surface area contributed by atoms with Gasteiger partial charge in [-0.2, -0.15) is 0 Å². The average molecular weight is 249 g/mol. The number of nitrogens with zero attached hydrogens (tertiary/aromatic N) is 2. The predicted molar refractivity (Wildman–Crippen MR) is 72.8 cm³/mol. The van der Waals surface area contributed by atoms with Crippen LogP contribution in [-0.4, -0.2) is 28.9 Å². The summed E-state index contributed by atoms with van der Waals surface area (Å²) in [7, 11) is 0. The first-order valence-electron chi connectivity index (χ1n) is 6.56. The summed E-state index contributed by atoms with van der Waals surface area (Å²) >= 11 is 0. The van der Waals surface area contributed by atoms with Crippen LogP contribution in [0.1, 0.15) is 32.3 Å². The molecular formula is C14H23N3O. The van der Waals surface area contributed by atoms with E-state index in [9.17, 15) is 4.79 Å². The molecule has 1 aromatic rings. The predicted octanol–water partition coefficient (Wildman–Crippen LogP) is 1.81. The average Bonchev–Trinajstić information content (AvgIpc) is 2.42. The van der Waals surface area contributed by atoms with E-state index in [1.165, 1.54) is 0 Å². The van der Waals surface area contributed by atoms with Crippen molar-refractivity contribution in [2.24, 2.45) is 11.7 Å². The molecule has 0 aromatic carbocycles. The van der Waals surface area contributed by atoms with Crippen molar-refractivity contribution >= 4 is 5.91 Å². The normalized spacial score (nSPS) is 12.2. The van der Waals surface area contributed by atoms with Crippen LogP contribution in [0.4, 0.5) is 0 Å². The first-order valence-corrected chi connectivity index (χ1v) is 6.56. The minimum absolute atomic E-state index is 0.0512. The Morgan fingerprint density at radius 2 is 2.11 bits per heavy atom. The summed E-state index contributed by atoms with van der Waals surface area (Å²) in [6, 6.07) is 3.89. The molecule has 1 heterocycles. The van der Waals surface area contributed by atoms with Crippen molar-refractivity contribution in [1.29, 1.82) is 0 Å². The summed E-state index contributed by atoms with van der Waals surface area (Å²) in [4.78, 5) is 18.1. The van der Waals surface area contributed by atoms with E-state index in [-0.39, 0.29) is 11.8 Å². The molecule has 1 atom stereocenters. The highest BCUT2D eigenvalue weighted by molar-refractivity contribution is 5.78. The van der Waals surface area contributed by atoms with Gasteiger partial charge in [0.2, 0.25) is 5.91 Å². The fourth-order valence-electron chi connectivity index (χ4n) is 1.91. The van der Waals surface area contributed by atoms with Crippen LogP contribution in [0.3, 0.4) is 0 Å². The third kappa shape index (κ3) is 4.45. The van der Waals surface area contributed by atoms with Crippen molar-refractivity contribution in [3.05, 3.63) is 30.1 Å². The van der Waals surface area contributed by atoms with E-state index in [2.05, 4.69) is 4.98 Å². The van der Waals surface area contributed by atoms with E-state index in [1.54, 1.807) is 12.4 Å². The third-order valence-corrected chi connectivity index (χ3v) is 3.08. The van der Waals surface area contributed by atoms with Gasteiger partial charge in [0, 0.05) is 31.4 Å². The molecule has 0 fully saturated rings. The lowest BCUT2D eigenvalue weighted by atomic mass is 10.0. The van der Waals surface area contributed by atoms with Gasteiger partial charge >= 0.3 is 0 Å². The number of amides is 1. The molecule has 0 bridgehead atoms. The second-order valence-corrected chi connectivity index (χ2v) is 4.54. The number of hydrogen-bond acceptors (Lipinski definition) is 3. The molecule has 100 valence electrons. The maximum atomic E-state index is 12.3. The molecule has 18 heavy (non-hydrogen) atoms. The summed E-state index contributed by atoms with van der Waals surface area (Å²) in [6.07, 6.45) is 5.28. The number of carbonyl (C=O) groups is 1. The lowest BCUT2D eigenvalue weighted by molar-refractivity contribution is -0.135. The molecule has 1 amide bonds. The number of carbonyl (C=O) groups excluding carboxylic acids is 1. The number of nitrogens with two attached hydrogens (primary N) is 1. The maximum absolute atomic E-state index is 12.3. The van der Waals surface area contributed by atoms with Gasteiger partial charge in [0.25, 0.3) is 0 Å². The van der Waals surface area contributed by atoms with Crippen molar-refractivity contribution in [2.45, 2.75) is 33.2 Å². The largest absolute Gasteiger partial charge is 0.338 e. The Hall–Kier alpha value is -1.42. The van der Waals surface area contributed by atoms with Crippen LogP contribution in [0.2, 0.25) is 0 Å². The van der Waals surface area contributed by atoms with Crippen LogP contribution in [0, 0.1) is 5.92 Å². The van der Waals surface area contributed by atoms with Gasteiger partial charge < -0.3 is 10.6 Å². The lowest BCUT2D eigenvalue weighted by Gasteiger charge is -2.24. The smallest absolute Gasteiger partial charge is 0.225 e. The second kappa shape index (κ2) is 7.82. The first-order chi connectivity index (χ1) is 8.69. The minimum Gasteiger partial charge on any atom is -0.338 e. The molecule has 0 spiro atoms. The number of hydrogen-bond donors (Lipinski definition) is 1. The second-order valence-electron chi connectivity index (χ2n) is 4.54. The zero-order valence-electron chi connectivity index (χ0n) is 11.3. The van der Waals surface area contributed by atoms with Crippen molar-refractivity contribution < 1.29 is 4.79 Å². The fraction of sp³-hybridized carbons (Fsp3) is 0.571. The minimum atomic E-state index is 0.0512. The van der Waals surface area contributed by atoms with Crippen molar-refractivity contribution in [1.82, 2.24) is 9.88 Å². The van der Waals surface area contributed by atoms with Crippen molar-refractivity contribution in [2.75, 3.05) is 13.1 Å². The molecule has 1 rings (SSSR count). The molecule has 2 N–H and O–H groups in total. The van der Waals surface area contributed by atoms with Crippen LogP contribution in [0.25, 0.3) is 0 Å². The lowest BCUT2D eigenvalue weighted by Crippen LogP contribution is -2.34. The maximum Gasteiger partial charge on any atom is 0.225 e. The molecule has 0 saturated heterocycles. The molecule has 0 aliphatic heterocycles. The third-order valence-electron chi connectivity index (χ3n) is 3.08. The molecule has 1 unspecified atom stereocenters. The van der Waals surface area contributed by atoms with Crippen molar-refractivity contribution in [3.63, 3.8) is 0 Å². The van der Waals surface area contributed by atoms with Gasteiger partial charge in [0.05, 0.1) is 0 Å². The van der Waals surface area contributed by atoms with Crippen LogP contribution >= 0.6 is 0 Å². The van der Waals surface area contributed by atoms with Crippen LogP contribution < -0.4 is 5.73 Å². The Kier molecular flexibility index (Phi) is 6.36. The van der Waals surface area contributed by atoms with Gasteiger partial charge in [-0.25, -0.2) is 0 Å². The summed E-state index contributed by atoms with van der Waals surface area (Å²) in [5.74, 6) is 0.262. The van der Waals surface area contributed by atoms with E-state index in [1.807, 2.05) is 30.9 Å². The highest BCUT2D eigenvalue weighted by Crippen LogP contribution is 2.12. The van der Waals surface area contributed by atoms with Crippen LogP contribution in [0.15, 0.2) is 24.5 Å². The zero-order valence-corrected chi connectivity index (χ0v) is 11.3. The molecule has 4 heteroatoms. The van der Waals surface area contributed by atoms with Gasteiger partial charge in [-0.05, 0) is 44.0 Å². The number of pyridine rings is 1. The SMILES string of the molecule is CCN(Cc1ccncc1)C(=O)C(C)CCCN. The Morgan fingerprint density at radius 3 is 2.67 bits per heavy atom. The number of aromatic nitrogens is 1. The Bertz CT molecular complexity index is 353. The Balaban J connectivity index is 2.57. The summed E-state index contributed by atoms with van der Waals surface area (Å²) < 4.78 is 0. The van der Waals surface area contributed by atoms with Crippen LogP contribution in [0.5, 0.6) is 0 Å².